The molecule has 1 N–H and O–H groups in total. The van der Waals surface area contributed by atoms with Gasteiger partial charge in [-0.2, -0.15) is 5.10 Å². The SMILES string of the molecule is CC(C)c1cc(C(=O)Nc2cccc(N3CCOC3=O)c2)nn1C(C)(C)C. The zero-order valence-corrected chi connectivity index (χ0v) is 16.4. The van der Waals surface area contributed by atoms with Crippen LogP contribution < -0.4 is 10.2 Å². The van der Waals surface area contributed by atoms with E-state index < -0.39 is 0 Å². The fourth-order valence-electron chi connectivity index (χ4n) is 3.03. The van der Waals surface area contributed by atoms with Crippen molar-refractivity contribution >= 4 is 23.4 Å². The normalized spacial score (nSPS) is 14.6. The Morgan fingerprint density at radius 2 is 2.00 bits per heavy atom. The lowest BCUT2D eigenvalue weighted by atomic mass is 10.1. The van der Waals surface area contributed by atoms with Gasteiger partial charge < -0.3 is 10.1 Å². The minimum absolute atomic E-state index is 0.214. The highest BCUT2D eigenvalue weighted by molar-refractivity contribution is 6.03. The van der Waals surface area contributed by atoms with Crippen molar-refractivity contribution in [1.82, 2.24) is 9.78 Å². The number of ether oxygens (including phenoxy) is 1. The molecule has 1 aliphatic heterocycles. The average molecular weight is 370 g/mol. The first-order valence-electron chi connectivity index (χ1n) is 9.13. The number of benzene rings is 1. The third-order valence-electron chi connectivity index (χ3n) is 4.37. The standard InChI is InChI=1S/C20H26N4O3/c1-13(2)17-12-16(22-24(17)20(3,4)5)18(25)21-14-7-6-8-15(11-14)23-9-10-27-19(23)26/h6-8,11-13H,9-10H2,1-5H3,(H,21,25). The molecule has 144 valence electrons. The lowest BCUT2D eigenvalue weighted by Gasteiger charge is -2.23. The van der Waals surface area contributed by atoms with Crippen LogP contribution >= 0.6 is 0 Å². The van der Waals surface area contributed by atoms with Crippen LogP contribution in [0.3, 0.4) is 0 Å². The summed E-state index contributed by atoms with van der Waals surface area (Å²) in [5.74, 6) is -0.0242. The van der Waals surface area contributed by atoms with E-state index in [9.17, 15) is 9.59 Å². The summed E-state index contributed by atoms with van der Waals surface area (Å²) in [6, 6.07) is 8.99. The summed E-state index contributed by atoms with van der Waals surface area (Å²) < 4.78 is 6.87. The van der Waals surface area contributed by atoms with Crippen LogP contribution in [0.4, 0.5) is 16.2 Å². The van der Waals surface area contributed by atoms with Crippen LogP contribution in [-0.4, -0.2) is 34.9 Å². The number of cyclic esters (lactones) is 1. The molecule has 0 unspecified atom stereocenters. The van der Waals surface area contributed by atoms with Crippen molar-refractivity contribution in [3.05, 3.63) is 41.7 Å². The molecule has 1 aromatic carbocycles. The average Bonchev–Trinajstić information content (AvgIpc) is 3.21. The molecule has 0 radical (unpaired) electrons. The van der Waals surface area contributed by atoms with Gasteiger partial charge in [0.15, 0.2) is 5.69 Å². The molecule has 0 atom stereocenters. The number of carbonyl (C=O) groups excluding carboxylic acids is 2. The summed E-state index contributed by atoms with van der Waals surface area (Å²) in [4.78, 5) is 26.0. The minimum Gasteiger partial charge on any atom is -0.447 e. The fraction of sp³-hybridized carbons (Fsp3) is 0.450. The Morgan fingerprint density at radius 1 is 1.26 bits per heavy atom. The van der Waals surface area contributed by atoms with E-state index in [-0.39, 0.29) is 23.5 Å². The molecule has 1 fully saturated rings. The molecule has 0 bridgehead atoms. The lowest BCUT2D eigenvalue weighted by Crippen LogP contribution is -2.26. The molecule has 2 heterocycles. The first-order valence-corrected chi connectivity index (χ1v) is 9.13. The fourth-order valence-corrected chi connectivity index (χ4v) is 3.03. The number of anilines is 2. The second kappa shape index (κ2) is 7.06. The van der Waals surface area contributed by atoms with E-state index >= 15 is 0 Å². The Morgan fingerprint density at radius 3 is 2.56 bits per heavy atom. The maximum Gasteiger partial charge on any atom is 0.414 e. The van der Waals surface area contributed by atoms with E-state index in [0.29, 0.717) is 30.2 Å². The van der Waals surface area contributed by atoms with E-state index in [2.05, 4.69) is 45.0 Å². The first-order chi connectivity index (χ1) is 12.7. The molecule has 7 nitrogen and oxygen atoms in total. The molecule has 27 heavy (non-hydrogen) atoms. The minimum atomic E-state index is -0.371. The number of nitrogens with zero attached hydrogens (tertiary/aromatic N) is 3. The van der Waals surface area contributed by atoms with Gasteiger partial charge in [0.2, 0.25) is 0 Å². The van der Waals surface area contributed by atoms with Gasteiger partial charge in [0.25, 0.3) is 5.91 Å². The molecule has 0 aliphatic carbocycles. The van der Waals surface area contributed by atoms with Crippen molar-refractivity contribution in [2.24, 2.45) is 0 Å². The third-order valence-corrected chi connectivity index (χ3v) is 4.37. The number of hydrogen-bond donors (Lipinski definition) is 1. The predicted octanol–water partition coefficient (Wildman–Crippen LogP) is 3.97. The maximum atomic E-state index is 12.7. The Kier molecular flexibility index (Phi) is 4.95. The van der Waals surface area contributed by atoms with Gasteiger partial charge in [0, 0.05) is 17.1 Å². The topological polar surface area (TPSA) is 76.5 Å². The van der Waals surface area contributed by atoms with Crippen molar-refractivity contribution < 1.29 is 14.3 Å². The molecule has 0 spiro atoms. The lowest BCUT2D eigenvalue weighted by molar-refractivity contribution is 0.102. The van der Waals surface area contributed by atoms with Crippen molar-refractivity contribution in [3.8, 4) is 0 Å². The Labute approximate surface area is 159 Å². The van der Waals surface area contributed by atoms with Gasteiger partial charge in [0.05, 0.1) is 12.1 Å². The van der Waals surface area contributed by atoms with Gasteiger partial charge in [-0.05, 0) is 51.0 Å². The third kappa shape index (κ3) is 3.97. The monoisotopic (exact) mass is 370 g/mol. The summed E-state index contributed by atoms with van der Waals surface area (Å²) in [6.45, 7) is 11.2. The number of nitrogens with one attached hydrogen (secondary N) is 1. The molecule has 0 saturated carbocycles. The van der Waals surface area contributed by atoms with E-state index in [1.807, 2.05) is 16.8 Å². The summed E-state index contributed by atoms with van der Waals surface area (Å²) in [6.07, 6.45) is -0.371. The number of carbonyl (C=O) groups is 2. The zero-order valence-electron chi connectivity index (χ0n) is 16.4. The molecule has 3 rings (SSSR count). The van der Waals surface area contributed by atoms with Crippen LogP contribution in [0.25, 0.3) is 0 Å². The van der Waals surface area contributed by atoms with E-state index in [0.717, 1.165) is 5.69 Å². The Bertz CT molecular complexity index is 864. The molecule has 1 saturated heterocycles. The molecule has 1 aromatic heterocycles. The maximum absolute atomic E-state index is 12.7. The van der Waals surface area contributed by atoms with Crippen LogP contribution in [0.5, 0.6) is 0 Å². The largest absolute Gasteiger partial charge is 0.447 e. The van der Waals surface area contributed by atoms with Gasteiger partial charge in [-0.1, -0.05) is 19.9 Å². The van der Waals surface area contributed by atoms with Gasteiger partial charge in [-0.15, -0.1) is 0 Å². The predicted molar refractivity (Wildman–Crippen MR) is 104 cm³/mol. The van der Waals surface area contributed by atoms with Crippen molar-refractivity contribution in [3.63, 3.8) is 0 Å². The molecule has 1 aliphatic rings. The van der Waals surface area contributed by atoms with Crippen molar-refractivity contribution in [1.29, 1.82) is 0 Å². The summed E-state index contributed by atoms with van der Waals surface area (Å²) in [5, 5.41) is 7.41. The molecular weight excluding hydrogens is 344 g/mol. The van der Waals surface area contributed by atoms with E-state index in [1.54, 1.807) is 23.1 Å². The molecule has 7 heteroatoms. The molecule has 2 amide bonds. The van der Waals surface area contributed by atoms with Gasteiger partial charge in [-0.25, -0.2) is 4.79 Å². The Balaban J connectivity index is 1.83. The molecule has 2 aromatic rings. The van der Waals surface area contributed by atoms with Crippen LogP contribution in [-0.2, 0) is 10.3 Å². The molecular formula is C20H26N4O3. The van der Waals surface area contributed by atoms with E-state index in [4.69, 9.17) is 4.74 Å². The quantitative estimate of drug-likeness (QED) is 0.883. The zero-order chi connectivity index (χ0) is 19.8. The van der Waals surface area contributed by atoms with Gasteiger partial charge in [0.1, 0.15) is 6.61 Å². The highest BCUT2D eigenvalue weighted by Gasteiger charge is 2.25. The van der Waals surface area contributed by atoms with Crippen LogP contribution in [0.2, 0.25) is 0 Å². The second-order valence-electron chi connectivity index (χ2n) is 7.96. The van der Waals surface area contributed by atoms with E-state index in [1.165, 1.54) is 0 Å². The van der Waals surface area contributed by atoms with Crippen molar-refractivity contribution in [2.45, 2.75) is 46.1 Å². The number of aromatic nitrogens is 2. The summed E-state index contributed by atoms with van der Waals surface area (Å²) in [5.41, 5.74) is 2.47. The van der Waals surface area contributed by atoms with Gasteiger partial charge in [-0.3, -0.25) is 14.4 Å². The summed E-state index contributed by atoms with van der Waals surface area (Å²) in [7, 11) is 0. The number of rotatable bonds is 4. The smallest absolute Gasteiger partial charge is 0.414 e. The first kappa shape index (κ1) is 18.9. The Hall–Kier alpha value is -2.83. The van der Waals surface area contributed by atoms with Crippen LogP contribution in [0.15, 0.2) is 30.3 Å². The van der Waals surface area contributed by atoms with Gasteiger partial charge >= 0.3 is 6.09 Å². The summed E-state index contributed by atoms with van der Waals surface area (Å²) >= 11 is 0. The number of hydrogen-bond acceptors (Lipinski definition) is 4. The van der Waals surface area contributed by atoms with Crippen LogP contribution in [0.1, 0.15) is 56.7 Å². The van der Waals surface area contributed by atoms with Crippen LogP contribution in [0, 0.1) is 0 Å². The van der Waals surface area contributed by atoms with Crippen molar-refractivity contribution in [2.75, 3.05) is 23.4 Å². The highest BCUT2D eigenvalue weighted by Crippen LogP contribution is 2.25. The second-order valence-corrected chi connectivity index (χ2v) is 7.96. The number of amides is 2. The highest BCUT2D eigenvalue weighted by atomic mass is 16.6.